The molecule has 0 aliphatic carbocycles. The van der Waals surface area contributed by atoms with E-state index in [4.69, 9.17) is 27.9 Å². The highest BCUT2D eigenvalue weighted by Gasteiger charge is 2.16. The molecule has 0 radical (unpaired) electrons. The maximum Gasteiger partial charge on any atom is 0.220 e. The Kier molecular flexibility index (Phi) is 9.44. The van der Waals surface area contributed by atoms with Crippen LogP contribution in [0.25, 0.3) is 5.69 Å². The van der Waals surface area contributed by atoms with E-state index in [0.717, 1.165) is 22.6 Å². The maximum absolute atomic E-state index is 13.4. The number of carbonyl (C=O) groups excluding carboxylic acids is 1. The molecule has 0 spiro atoms. The van der Waals surface area contributed by atoms with Gasteiger partial charge in [0.05, 0.1) is 12.8 Å². The van der Waals surface area contributed by atoms with Crippen LogP contribution in [0, 0.1) is 5.82 Å². The summed E-state index contributed by atoms with van der Waals surface area (Å²) >= 11 is 13.9. The number of para-hydroxylation sites is 1. The third-order valence-electron chi connectivity index (χ3n) is 5.61. The van der Waals surface area contributed by atoms with E-state index in [1.807, 2.05) is 47.0 Å². The van der Waals surface area contributed by atoms with Crippen LogP contribution in [0.3, 0.4) is 0 Å². The zero-order valence-corrected chi connectivity index (χ0v) is 22.4. The molecule has 0 saturated heterocycles. The second kappa shape index (κ2) is 12.9. The van der Waals surface area contributed by atoms with E-state index < -0.39 is 0 Å². The summed E-state index contributed by atoms with van der Waals surface area (Å²) in [7, 11) is 1.61. The summed E-state index contributed by atoms with van der Waals surface area (Å²) < 4.78 is 20.7. The van der Waals surface area contributed by atoms with Crippen LogP contribution in [0.4, 0.5) is 4.39 Å². The summed E-state index contributed by atoms with van der Waals surface area (Å²) in [6.07, 6.45) is 1.47. The first-order valence-corrected chi connectivity index (χ1v) is 13.3. The van der Waals surface area contributed by atoms with E-state index in [1.165, 1.54) is 23.9 Å². The lowest BCUT2D eigenvalue weighted by Crippen LogP contribution is -2.23. The van der Waals surface area contributed by atoms with Crippen LogP contribution in [-0.4, -0.2) is 27.8 Å². The summed E-state index contributed by atoms with van der Waals surface area (Å²) in [6, 6.07) is 19.3. The number of ether oxygens (including phenoxy) is 1. The molecule has 37 heavy (non-hydrogen) atoms. The van der Waals surface area contributed by atoms with E-state index >= 15 is 0 Å². The van der Waals surface area contributed by atoms with Crippen molar-refractivity contribution in [3.05, 3.63) is 99.5 Å². The van der Waals surface area contributed by atoms with Crippen LogP contribution >= 0.6 is 35.0 Å². The van der Waals surface area contributed by atoms with E-state index in [0.29, 0.717) is 52.6 Å². The van der Waals surface area contributed by atoms with Gasteiger partial charge in [-0.3, -0.25) is 9.36 Å². The molecule has 0 bridgehead atoms. The second-order valence-electron chi connectivity index (χ2n) is 8.18. The normalized spacial score (nSPS) is 10.9. The summed E-state index contributed by atoms with van der Waals surface area (Å²) in [5.41, 5.74) is 2.53. The molecule has 1 aromatic heterocycles. The molecular weight excluding hydrogens is 534 g/mol. The van der Waals surface area contributed by atoms with E-state index in [1.54, 1.807) is 19.2 Å². The standard InChI is InChI=1S/C27H25Cl2FN4O2S/c1-36-24-9-3-2-6-18(24)16-31-26(35)11-5-10-25-32-33-27(34(25)22-8-4-7-20(28)14-22)37-17-19-12-13-21(30)15-23(19)29/h2-4,6-9,12-15H,5,10-11,16-17H2,1H3,(H,31,35). The molecule has 6 nitrogen and oxygen atoms in total. The number of aromatic nitrogens is 3. The van der Waals surface area contributed by atoms with Gasteiger partial charge in [-0.2, -0.15) is 0 Å². The molecule has 4 aromatic rings. The highest BCUT2D eigenvalue weighted by molar-refractivity contribution is 7.98. The monoisotopic (exact) mass is 558 g/mol. The van der Waals surface area contributed by atoms with Crippen LogP contribution in [0.5, 0.6) is 5.75 Å². The Bertz CT molecular complexity index is 1380. The smallest absolute Gasteiger partial charge is 0.220 e. The number of rotatable bonds is 11. The van der Waals surface area contributed by atoms with Gasteiger partial charge in [0.1, 0.15) is 17.4 Å². The predicted molar refractivity (Wildman–Crippen MR) is 145 cm³/mol. The van der Waals surface area contributed by atoms with Gasteiger partial charge in [-0.05, 0) is 48.4 Å². The van der Waals surface area contributed by atoms with Crippen LogP contribution < -0.4 is 10.1 Å². The zero-order valence-electron chi connectivity index (χ0n) is 20.1. The van der Waals surface area contributed by atoms with Gasteiger partial charge in [0.25, 0.3) is 0 Å². The van der Waals surface area contributed by atoms with Crippen LogP contribution in [0.2, 0.25) is 10.0 Å². The summed E-state index contributed by atoms with van der Waals surface area (Å²) in [5.74, 6) is 1.51. The second-order valence-corrected chi connectivity index (χ2v) is 9.97. The van der Waals surface area contributed by atoms with Crippen molar-refractivity contribution in [1.82, 2.24) is 20.1 Å². The maximum atomic E-state index is 13.4. The minimum absolute atomic E-state index is 0.0553. The zero-order chi connectivity index (χ0) is 26.2. The number of amides is 1. The van der Waals surface area contributed by atoms with Crippen molar-refractivity contribution in [2.45, 2.75) is 36.7 Å². The number of hydrogen-bond donors (Lipinski definition) is 1. The average Bonchev–Trinajstić information content (AvgIpc) is 3.29. The van der Waals surface area contributed by atoms with Crippen molar-refractivity contribution >= 4 is 40.9 Å². The van der Waals surface area contributed by atoms with Gasteiger partial charge >= 0.3 is 0 Å². The Labute approximate surface area is 229 Å². The van der Waals surface area contributed by atoms with E-state index in [2.05, 4.69) is 15.5 Å². The van der Waals surface area contributed by atoms with Crippen LogP contribution in [-0.2, 0) is 23.5 Å². The van der Waals surface area contributed by atoms with Crippen molar-refractivity contribution in [2.75, 3.05) is 7.11 Å². The number of thioether (sulfide) groups is 1. The number of methoxy groups -OCH3 is 1. The third kappa shape index (κ3) is 7.25. The topological polar surface area (TPSA) is 69.0 Å². The molecule has 1 amide bonds. The summed E-state index contributed by atoms with van der Waals surface area (Å²) in [4.78, 5) is 12.5. The number of benzene rings is 3. The molecule has 10 heteroatoms. The SMILES string of the molecule is COc1ccccc1CNC(=O)CCCc1nnc(SCc2ccc(F)cc2Cl)n1-c1cccc(Cl)c1. The van der Waals surface area contributed by atoms with Crippen molar-refractivity contribution in [2.24, 2.45) is 0 Å². The quantitative estimate of drug-likeness (QED) is 0.208. The third-order valence-corrected chi connectivity index (χ3v) is 7.18. The molecule has 3 aromatic carbocycles. The summed E-state index contributed by atoms with van der Waals surface area (Å²) in [5, 5.41) is 13.3. The number of nitrogens with zero attached hydrogens (tertiary/aromatic N) is 3. The van der Waals surface area contributed by atoms with Gasteiger partial charge in [-0.25, -0.2) is 4.39 Å². The van der Waals surface area contributed by atoms with Crippen molar-refractivity contribution in [3.8, 4) is 11.4 Å². The van der Waals surface area contributed by atoms with Crippen molar-refractivity contribution in [1.29, 1.82) is 0 Å². The first-order valence-electron chi connectivity index (χ1n) is 11.6. The molecule has 0 saturated carbocycles. The number of hydrogen-bond acceptors (Lipinski definition) is 5. The lowest BCUT2D eigenvalue weighted by atomic mass is 10.2. The Morgan fingerprint density at radius 3 is 2.68 bits per heavy atom. The number of carbonyl (C=O) groups is 1. The Morgan fingerprint density at radius 2 is 1.89 bits per heavy atom. The summed E-state index contributed by atoms with van der Waals surface area (Å²) in [6.45, 7) is 0.397. The molecule has 192 valence electrons. The van der Waals surface area contributed by atoms with Gasteiger partial charge in [0.15, 0.2) is 5.16 Å². The molecule has 0 aliphatic rings. The number of halogens is 3. The molecular formula is C27H25Cl2FN4O2S. The Morgan fingerprint density at radius 1 is 1.05 bits per heavy atom. The molecule has 0 unspecified atom stereocenters. The fraction of sp³-hybridized carbons (Fsp3) is 0.222. The fourth-order valence-corrected chi connectivity index (χ4v) is 5.22. The first-order chi connectivity index (χ1) is 17.9. The minimum Gasteiger partial charge on any atom is -0.496 e. The highest BCUT2D eigenvalue weighted by Crippen LogP contribution is 2.29. The molecule has 4 rings (SSSR count). The van der Waals surface area contributed by atoms with Crippen LogP contribution in [0.1, 0.15) is 29.8 Å². The van der Waals surface area contributed by atoms with Gasteiger partial charge in [-0.15, -0.1) is 10.2 Å². The predicted octanol–water partition coefficient (Wildman–Crippen LogP) is 6.65. The molecule has 0 atom stereocenters. The fourth-order valence-electron chi connectivity index (χ4n) is 3.75. The number of nitrogens with one attached hydrogen (secondary N) is 1. The lowest BCUT2D eigenvalue weighted by Gasteiger charge is -2.12. The molecule has 1 heterocycles. The van der Waals surface area contributed by atoms with Crippen molar-refractivity contribution in [3.63, 3.8) is 0 Å². The van der Waals surface area contributed by atoms with E-state index in [-0.39, 0.29) is 11.7 Å². The van der Waals surface area contributed by atoms with Crippen LogP contribution in [0.15, 0.2) is 71.9 Å². The molecule has 0 fully saturated rings. The van der Waals surface area contributed by atoms with Gasteiger partial charge in [0.2, 0.25) is 5.91 Å². The van der Waals surface area contributed by atoms with Gasteiger partial charge < -0.3 is 10.1 Å². The van der Waals surface area contributed by atoms with Gasteiger partial charge in [0, 0.05) is 40.7 Å². The highest BCUT2D eigenvalue weighted by atomic mass is 35.5. The minimum atomic E-state index is -0.380. The molecule has 0 aliphatic heterocycles. The van der Waals surface area contributed by atoms with E-state index in [9.17, 15) is 9.18 Å². The first kappa shape index (κ1) is 27.0. The Balaban J connectivity index is 1.42. The number of aryl methyl sites for hydroxylation is 1. The lowest BCUT2D eigenvalue weighted by molar-refractivity contribution is -0.121. The van der Waals surface area contributed by atoms with Gasteiger partial charge in [-0.1, -0.05) is 65.3 Å². The largest absolute Gasteiger partial charge is 0.496 e. The van der Waals surface area contributed by atoms with Crippen molar-refractivity contribution < 1.29 is 13.9 Å². The Hall–Kier alpha value is -3.07. The molecule has 1 N–H and O–H groups in total. The average molecular weight is 559 g/mol.